The summed E-state index contributed by atoms with van der Waals surface area (Å²) in [6.45, 7) is 4.20. The zero-order chi connectivity index (χ0) is 18.2. The summed E-state index contributed by atoms with van der Waals surface area (Å²) >= 11 is 0. The molecule has 0 aliphatic heterocycles. The third-order valence-corrected chi connectivity index (χ3v) is 4.49. The number of hydrogen-bond donors (Lipinski definition) is 2. The van der Waals surface area contributed by atoms with Crippen molar-refractivity contribution in [1.82, 2.24) is 10.5 Å². The highest BCUT2D eigenvalue weighted by molar-refractivity contribution is 5.96. The second-order valence-corrected chi connectivity index (χ2v) is 7.07. The van der Waals surface area contributed by atoms with Gasteiger partial charge >= 0.3 is 5.97 Å². The van der Waals surface area contributed by atoms with E-state index in [4.69, 9.17) is 4.52 Å². The minimum absolute atomic E-state index is 0.0245. The summed E-state index contributed by atoms with van der Waals surface area (Å²) < 4.78 is 18.3. The van der Waals surface area contributed by atoms with Crippen LogP contribution in [0.25, 0.3) is 0 Å². The van der Waals surface area contributed by atoms with Gasteiger partial charge in [-0.2, -0.15) is 0 Å². The summed E-state index contributed by atoms with van der Waals surface area (Å²) in [5, 5.41) is 15.7. The second kappa shape index (κ2) is 6.31. The van der Waals surface area contributed by atoms with Crippen LogP contribution in [0.5, 0.6) is 0 Å². The molecule has 2 N–H and O–H groups in total. The van der Waals surface area contributed by atoms with Crippen molar-refractivity contribution < 1.29 is 23.6 Å². The lowest BCUT2D eigenvalue weighted by atomic mass is 9.76. The molecule has 132 valence electrons. The lowest BCUT2D eigenvalue weighted by molar-refractivity contribution is -0.139. The standard InChI is InChI=1S/C18H19FN2O4/c1-18(2)8-7-13-12(9-18)15(21-25-13)16(22)20-14(17(23)24)10-3-5-11(19)6-4-10/h3-6,14H,7-9H2,1-2H3,(H,20,22)(H,23,24). The highest BCUT2D eigenvalue weighted by Gasteiger charge is 2.34. The molecule has 1 aromatic carbocycles. The molecule has 0 saturated carbocycles. The summed E-state index contributed by atoms with van der Waals surface area (Å²) in [6.07, 6.45) is 2.27. The number of carboxylic acid groups (broad SMARTS) is 1. The van der Waals surface area contributed by atoms with E-state index in [1.54, 1.807) is 0 Å². The van der Waals surface area contributed by atoms with Crippen molar-refractivity contribution in [2.45, 2.75) is 39.2 Å². The molecule has 0 spiro atoms. The molecule has 6 nitrogen and oxygen atoms in total. The fourth-order valence-corrected chi connectivity index (χ4v) is 3.06. The number of aryl methyl sites for hydroxylation is 1. The number of rotatable bonds is 4. The Balaban J connectivity index is 1.85. The van der Waals surface area contributed by atoms with E-state index in [0.29, 0.717) is 18.6 Å². The molecule has 7 heteroatoms. The predicted molar refractivity (Wildman–Crippen MR) is 86.6 cm³/mol. The Morgan fingerprint density at radius 2 is 2.00 bits per heavy atom. The highest BCUT2D eigenvalue weighted by Crippen LogP contribution is 2.36. The molecule has 1 aliphatic carbocycles. The number of carbonyl (C=O) groups excluding carboxylic acids is 1. The van der Waals surface area contributed by atoms with Crippen molar-refractivity contribution in [2.24, 2.45) is 5.41 Å². The number of nitrogens with zero attached hydrogens (tertiary/aromatic N) is 1. The summed E-state index contributed by atoms with van der Waals surface area (Å²) in [6, 6.07) is 3.67. The Labute approximate surface area is 144 Å². The van der Waals surface area contributed by atoms with Crippen LogP contribution in [-0.2, 0) is 17.6 Å². The minimum atomic E-state index is -1.29. The molecule has 2 aromatic rings. The van der Waals surface area contributed by atoms with Crippen LogP contribution in [-0.4, -0.2) is 22.1 Å². The molecular weight excluding hydrogens is 327 g/mol. The number of halogens is 1. The Morgan fingerprint density at radius 3 is 2.64 bits per heavy atom. The number of amides is 1. The van der Waals surface area contributed by atoms with Crippen molar-refractivity contribution >= 4 is 11.9 Å². The number of aromatic nitrogens is 1. The maximum atomic E-state index is 13.0. The molecule has 1 amide bonds. The summed E-state index contributed by atoms with van der Waals surface area (Å²) in [4.78, 5) is 24.1. The molecule has 1 atom stereocenters. The van der Waals surface area contributed by atoms with Gasteiger partial charge in [-0.3, -0.25) is 4.79 Å². The highest BCUT2D eigenvalue weighted by atomic mass is 19.1. The van der Waals surface area contributed by atoms with Gasteiger partial charge in [0.2, 0.25) is 0 Å². The number of nitrogens with one attached hydrogen (secondary N) is 1. The number of hydrogen-bond acceptors (Lipinski definition) is 4. The van der Waals surface area contributed by atoms with E-state index in [1.165, 1.54) is 12.1 Å². The van der Waals surface area contributed by atoms with Gasteiger partial charge in [-0.1, -0.05) is 31.1 Å². The first-order valence-electron chi connectivity index (χ1n) is 8.03. The largest absolute Gasteiger partial charge is 0.479 e. The van der Waals surface area contributed by atoms with Gasteiger partial charge in [-0.05, 0) is 36.0 Å². The zero-order valence-corrected chi connectivity index (χ0v) is 14.0. The number of carboxylic acids is 1. The quantitative estimate of drug-likeness (QED) is 0.888. The van der Waals surface area contributed by atoms with E-state index in [0.717, 1.165) is 24.1 Å². The number of benzene rings is 1. The Kier molecular flexibility index (Phi) is 4.32. The van der Waals surface area contributed by atoms with Crippen molar-refractivity contribution in [3.05, 3.63) is 52.7 Å². The van der Waals surface area contributed by atoms with Gasteiger partial charge in [0.25, 0.3) is 5.91 Å². The number of fused-ring (bicyclic) bond motifs is 1. The number of aliphatic carboxylic acids is 1. The lowest BCUT2D eigenvalue weighted by Crippen LogP contribution is -2.35. The van der Waals surface area contributed by atoms with Crippen molar-refractivity contribution in [1.29, 1.82) is 0 Å². The van der Waals surface area contributed by atoms with Crippen molar-refractivity contribution in [3.63, 3.8) is 0 Å². The SMILES string of the molecule is CC1(C)CCc2onc(C(=O)NC(C(=O)O)c3ccc(F)cc3)c2C1. The summed E-state index contributed by atoms with van der Waals surface area (Å²) in [5.74, 6) is -1.65. The molecule has 1 aromatic heterocycles. The first kappa shape index (κ1) is 17.1. The summed E-state index contributed by atoms with van der Waals surface area (Å²) in [7, 11) is 0. The molecule has 1 aliphatic rings. The van der Waals surface area contributed by atoms with Crippen LogP contribution in [0.2, 0.25) is 0 Å². The molecule has 25 heavy (non-hydrogen) atoms. The fraction of sp³-hybridized carbons (Fsp3) is 0.389. The molecule has 0 fully saturated rings. The second-order valence-electron chi connectivity index (χ2n) is 7.07. The zero-order valence-electron chi connectivity index (χ0n) is 14.0. The fourth-order valence-electron chi connectivity index (χ4n) is 3.06. The van der Waals surface area contributed by atoms with Crippen LogP contribution >= 0.6 is 0 Å². The molecule has 0 saturated heterocycles. The summed E-state index contributed by atoms with van der Waals surface area (Å²) in [5.41, 5.74) is 1.16. The molecule has 3 rings (SSSR count). The monoisotopic (exact) mass is 346 g/mol. The van der Waals surface area contributed by atoms with Gasteiger partial charge in [-0.15, -0.1) is 0 Å². The van der Waals surface area contributed by atoms with Gasteiger partial charge < -0.3 is 14.9 Å². The molecule has 0 radical (unpaired) electrons. The first-order chi connectivity index (χ1) is 11.8. The number of carbonyl (C=O) groups is 2. The van der Waals surface area contributed by atoms with Gasteiger partial charge in [0.15, 0.2) is 11.7 Å². The maximum Gasteiger partial charge on any atom is 0.330 e. The smallest absolute Gasteiger partial charge is 0.330 e. The van der Waals surface area contributed by atoms with E-state index in [9.17, 15) is 19.1 Å². The van der Waals surface area contributed by atoms with Crippen LogP contribution in [0.1, 0.15) is 53.7 Å². The van der Waals surface area contributed by atoms with E-state index < -0.39 is 23.7 Å². The van der Waals surface area contributed by atoms with E-state index >= 15 is 0 Å². The van der Waals surface area contributed by atoms with Crippen LogP contribution < -0.4 is 5.32 Å². The molecule has 1 heterocycles. The normalized spacial score (nSPS) is 16.8. The van der Waals surface area contributed by atoms with Crippen LogP contribution in [0, 0.1) is 11.2 Å². The predicted octanol–water partition coefficient (Wildman–Crippen LogP) is 2.88. The third kappa shape index (κ3) is 3.55. The van der Waals surface area contributed by atoms with Crippen LogP contribution in [0.15, 0.2) is 28.8 Å². The van der Waals surface area contributed by atoms with Gasteiger partial charge in [-0.25, -0.2) is 9.18 Å². The maximum absolute atomic E-state index is 13.0. The molecule has 1 unspecified atom stereocenters. The lowest BCUT2D eigenvalue weighted by Gasteiger charge is -2.28. The average molecular weight is 346 g/mol. The van der Waals surface area contributed by atoms with E-state index in [1.807, 2.05) is 0 Å². The Bertz CT molecular complexity index is 811. The van der Waals surface area contributed by atoms with Gasteiger partial charge in [0.1, 0.15) is 11.6 Å². The molecular formula is C18H19FN2O4. The Morgan fingerprint density at radius 1 is 1.32 bits per heavy atom. The third-order valence-electron chi connectivity index (χ3n) is 4.49. The van der Waals surface area contributed by atoms with E-state index in [-0.39, 0.29) is 16.7 Å². The van der Waals surface area contributed by atoms with Crippen molar-refractivity contribution in [3.8, 4) is 0 Å². The molecule has 0 bridgehead atoms. The van der Waals surface area contributed by atoms with Crippen LogP contribution in [0.3, 0.4) is 0 Å². The average Bonchev–Trinajstić information content (AvgIpc) is 2.95. The Hall–Kier alpha value is -2.70. The van der Waals surface area contributed by atoms with Crippen molar-refractivity contribution in [2.75, 3.05) is 0 Å². The minimum Gasteiger partial charge on any atom is -0.479 e. The van der Waals surface area contributed by atoms with Gasteiger partial charge in [0, 0.05) is 12.0 Å². The topological polar surface area (TPSA) is 92.4 Å². The van der Waals surface area contributed by atoms with Gasteiger partial charge in [0.05, 0.1) is 0 Å². The van der Waals surface area contributed by atoms with E-state index in [2.05, 4.69) is 24.3 Å². The first-order valence-corrected chi connectivity index (χ1v) is 8.03. The van der Waals surface area contributed by atoms with Crippen LogP contribution in [0.4, 0.5) is 4.39 Å².